The van der Waals surface area contributed by atoms with Gasteiger partial charge in [-0.15, -0.1) is 0 Å². The molecular weight excluding hydrogens is 478 g/mol. The molecule has 3 heterocycles. The fourth-order valence-electron chi connectivity index (χ4n) is 4.05. The third-order valence-electron chi connectivity index (χ3n) is 5.69. The molecule has 1 aliphatic rings. The van der Waals surface area contributed by atoms with Gasteiger partial charge in [-0.2, -0.15) is 18.3 Å². The van der Waals surface area contributed by atoms with E-state index in [0.717, 1.165) is 6.07 Å². The van der Waals surface area contributed by atoms with Crippen molar-refractivity contribution in [3.05, 3.63) is 69.6 Å². The Morgan fingerprint density at radius 1 is 1.18 bits per heavy atom. The predicted molar refractivity (Wildman–Crippen MR) is 119 cm³/mol. The molecule has 0 saturated carbocycles. The number of alkyl halides is 3. The van der Waals surface area contributed by atoms with Crippen LogP contribution in [0.15, 0.2) is 42.7 Å². The number of aromatic nitrogens is 3. The first kappa shape index (κ1) is 23.5. The number of carbonyl (C=O) groups is 1. The minimum absolute atomic E-state index is 0.188. The molecule has 11 heteroatoms. The lowest BCUT2D eigenvalue weighted by atomic mass is 9.85. The largest absolute Gasteiger partial charge is 0.417 e. The lowest BCUT2D eigenvalue weighted by Gasteiger charge is -2.33. The van der Waals surface area contributed by atoms with Crippen molar-refractivity contribution in [2.75, 3.05) is 13.1 Å². The van der Waals surface area contributed by atoms with Crippen molar-refractivity contribution < 1.29 is 18.0 Å². The third-order valence-corrected chi connectivity index (χ3v) is 6.29. The number of pyridine rings is 1. The number of hydrogen-bond acceptors (Lipinski definition) is 4. The number of amides is 1. The zero-order valence-corrected chi connectivity index (χ0v) is 19.0. The number of carbonyl (C=O) groups excluding carboxylic acids is 1. The van der Waals surface area contributed by atoms with E-state index in [-0.39, 0.29) is 16.6 Å². The van der Waals surface area contributed by atoms with Crippen LogP contribution in [0.1, 0.15) is 34.0 Å². The molecule has 0 aliphatic carbocycles. The van der Waals surface area contributed by atoms with E-state index in [9.17, 15) is 18.0 Å². The molecule has 0 unspecified atom stereocenters. The van der Waals surface area contributed by atoms with Gasteiger partial charge in [-0.25, -0.2) is 0 Å². The number of nitrogens with one attached hydrogen (secondary N) is 2. The smallest absolute Gasteiger partial charge is 0.346 e. The fraction of sp³-hybridized carbons (Fsp3) is 0.318. The number of halogens is 5. The van der Waals surface area contributed by atoms with Crippen LogP contribution in [0, 0.1) is 0 Å². The third kappa shape index (κ3) is 5.00. The molecule has 2 atom stereocenters. The fourth-order valence-corrected chi connectivity index (χ4v) is 4.55. The van der Waals surface area contributed by atoms with E-state index in [4.69, 9.17) is 23.2 Å². The van der Waals surface area contributed by atoms with Crippen LogP contribution in [0.2, 0.25) is 10.0 Å². The molecule has 4 rings (SSSR count). The van der Waals surface area contributed by atoms with E-state index in [1.54, 1.807) is 29.9 Å². The van der Waals surface area contributed by atoms with E-state index < -0.39 is 23.7 Å². The molecular formula is C22H20Cl2F3N5O. The standard InChI is InChI=1S/C22H20Cl2F3N5O/c1-32-20(17(24)10-30-32)13-3-5-18(29-9-13)21(33)31-19-11-28-7-6-14(19)12-2-4-16(23)15(8-12)22(25,26)27/h2-5,8-10,14,19,28H,6-7,11H2,1H3,(H,31,33)/t14-,19+/m0/s1. The van der Waals surface area contributed by atoms with E-state index in [2.05, 4.69) is 20.7 Å². The van der Waals surface area contributed by atoms with Gasteiger partial charge in [0.15, 0.2) is 0 Å². The van der Waals surface area contributed by atoms with Gasteiger partial charge < -0.3 is 10.6 Å². The average molecular weight is 498 g/mol. The molecule has 0 bridgehead atoms. The van der Waals surface area contributed by atoms with E-state index in [1.807, 2.05) is 0 Å². The molecule has 1 saturated heterocycles. The van der Waals surface area contributed by atoms with Crippen molar-refractivity contribution in [2.24, 2.45) is 7.05 Å². The lowest BCUT2D eigenvalue weighted by Crippen LogP contribution is -2.50. The number of hydrogen-bond donors (Lipinski definition) is 2. The summed E-state index contributed by atoms with van der Waals surface area (Å²) in [5.41, 5.74) is 1.17. The Kier molecular flexibility index (Phi) is 6.65. The monoisotopic (exact) mass is 497 g/mol. The van der Waals surface area contributed by atoms with Gasteiger partial charge in [0.05, 0.1) is 27.5 Å². The number of rotatable bonds is 4. The summed E-state index contributed by atoms with van der Waals surface area (Å²) < 4.78 is 41.6. The van der Waals surface area contributed by atoms with Gasteiger partial charge >= 0.3 is 6.18 Å². The first-order valence-corrected chi connectivity index (χ1v) is 10.9. The van der Waals surface area contributed by atoms with Crippen LogP contribution in [0.3, 0.4) is 0 Å². The SMILES string of the molecule is Cn1ncc(Cl)c1-c1ccc(C(=O)N[C@@H]2CNCC[C@H]2c2ccc(Cl)c(C(F)(F)F)c2)nc1. The van der Waals surface area contributed by atoms with Gasteiger partial charge in [-0.05, 0) is 42.8 Å². The van der Waals surface area contributed by atoms with Crippen LogP contribution in [-0.2, 0) is 13.2 Å². The summed E-state index contributed by atoms with van der Waals surface area (Å²) in [7, 11) is 1.75. The first-order valence-electron chi connectivity index (χ1n) is 10.2. The van der Waals surface area contributed by atoms with E-state index in [1.165, 1.54) is 18.5 Å². The number of benzene rings is 1. The van der Waals surface area contributed by atoms with Crippen LogP contribution in [0.5, 0.6) is 0 Å². The van der Waals surface area contributed by atoms with Gasteiger partial charge in [0, 0.05) is 37.3 Å². The molecule has 3 aromatic rings. The van der Waals surface area contributed by atoms with Crippen molar-refractivity contribution in [3.63, 3.8) is 0 Å². The molecule has 1 amide bonds. The molecule has 1 aromatic carbocycles. The van der Waals surface area contributed by atoms with Gasteiger partial charge in [0.1, 0.15) is 5.69 Å². The van der Waals surface area contributed by atoms with Crippen LogP contribution in [-0.4, -0.2) is 39.8 Å². The Hall–Kier alpha value is -2.62. The van der Waals surface area contributed by atoms with E-state index in [0.29, 0.717) is 41.4 Å². The average Bonchev–Trinajstić information content (AvgIpc) is 3.12. The van der Waals surface area contributed by atoms with Crippen molar-refractivity contribution in [1.29, 1.82) is 0 Å². The highest BCUT2D eigenvalue weighted by molar-refractivity contribution is 6.33. The predicted octanol–water partition coefficient (Wildman–Crippen LogP) is 4.68. The summed E-state index contributed by atoms with van der Waals surface area (Å²) in [5.74, 6) is -0.720. The zero-order chi connectivity index (χ0) is 23.8. The zero-order valence-electron chi connectivity index (χ0n) is 17.5. The summed E-state index contributed by atoms with van der Waals surface area (Å²) in [6, 6.07) is 6.78. The highest BCUT2D eigenvalue weighted by Crippen LogP contribution is 2.38. The maximum atomic E-state index is 13.3. The van der Waals surface area contributed by atoms with Crippen LogP contribution in [0.4, 0.5) is 13.2 Å². The van der Waals surface area contributed by atoms with Crippen molar-refractivity contribution in [2.45, 2.75) is 24.6 Å². The second kappa shape index (κ2) is 9.32. The van der Waals surface area contributed by atoms with Crippen LogP contribution in [0.25, 0.3) is 11.3 Å². The van der Waals surface area contributed by atoms with Crippen LogP contribution < -0.4 is 10.6 Å². The molecule has 1 aliphatic heterocycles. The molecule has 2 aromatic heterocycles. The molecule has 33 heavy (non-hydrogen) atoms. The quantitative estimate of drug-likeness (QED) is 0.548. The maximum absolute atomic E-state index is 13.3. The lowest BCUT2D eigenvalue weighted by molar-refractivity contribution is -0.137. The highest BCUT2D eigenvalue weighted by Gasteiger charge is 2.35. The summed E-state index contributed by atoms with van der Waals surface area (Å²) in [6.07, 6.45) is -0.936. The Morgan fingerprint density at radius 3 is 2.61 bits per heavy atom. The summed E-state index contributed by atoms with van der Waals surface area (Å²) in [6.45, 7) is 1.04. The molecule has 6 nitrogen and oxygen atoms in total. The molecule has 0 radical (unpaired) electrons. The van der Waals surface area contributed by atoms with Gasteiger partial charge in [-0.3, -0.25) is 14.5 Å². The summed E-state index contributed by atoms with van der Waals surface area (Å²) >= 11 is 11.9. The Bertz CT molecular complexity index is 1140. The van der Waals surface area contributed by atoms with Crippen molar-refractivity contribution >= 4 is 29.1 Å². The van der Waals surface area contributed by atoms with Crippen LogP contribution >= 0.6 is 23.2 Å². The molecule has 1 fully saturated rings. The number of nitrogens with zero attached hydrogens (tertiary/aromatic N) is 3. The van der Waals surface area contributed by atoms with Gasteiger partial charge in [-0.1, -0.05) is 29.3 Å². The minimum Gasteiger partial charge on any atom is -0.346 e. The Balaban J connectivity index is 1.53. The first-order chi connectivity index (χ1) is 15.6. The molecule has 2 N–H and O–H groups in total. The van der Waals surface area contributed by atoms with Crippen molar-refractivity contribution in [3.8, 4) is 11.3 Å². The van der Waals surface area contributed by atoms with Gasteiger partial charge in [0.2, 0.25) is 0 Å². The minimum atomic E-state index is -4.55. The second-order valence-corrected chi connectivity index (χ2v) is 8.63. The number of aryl methyl sites for hydroxylation is 1. The highest BCUT2D eigenvalue weighted by atomic mass is 35.5. The topological polar surface area (TPSA) is 71.8 Å². The Morgan fingerprint density at radius 2 is 1.97 bits per heavy atom. The molecule has 0 spiro atoms. The van der Waals surface area contributed by atoms with Gasteiger partial charge in [0.25, 0.3) is 5.91 Å². The summed E-state index contributed by atoms with van der Waals surface area (Å²) in [4.78, 5) is 17.1. The normalized spacial score (nSPS) is 18.8. The number of piperidine rings is 1. The molecule has 174 valence electrons. The maximum Gasteiger partial charge on any atom is 0.417 e. The second-order valence-electron chi connectivity index (χ2n) is 7.81. The van der Waals surface area contributed by atoms with E-state index >= 15 is 0 Å². The summed E-state index contributed by atoms with van der Waals surface area (Å²) in [5, 5.41) is 10.3. The Labute approximate surface area is 198 Å². The van der Waals surface area contributed by atoms with Crippen molar-refractivity contribution in [1.82, 2.24) is 25.4 Å².